The van der Waals surface area contributed by atoms with E-state index in [-0.39, 0.29) is 6.10 Å². The molecular weight excluding hydrogens is 238 g/mol. The van der Waals surface area contributed by atoms with Crippen LogP contribution in [0.25, 0.3) is 0 Å². The third kappa shape index (κ3) is 5.11. The Morgan fingerprint density at radius 2 is 2.00 bits per heavy atom. The molecule has 0 aliphatic rings. The summed E-state index contributed by atoms with van der Waals surface area (Å²) in [4.78, 5) is 0. The lowest BCUT2D eigenvalue weighted by molar-refractivity contribution is 0.198. The Balaban J connectivity index is 2.82. The van der Waals surface area contributed by atoms with E-state index < -0.39 is 0 Å². The van der Waals surface area contributed by atoms with Crippen LogP contribution in [-0.2, 0) is 6.54 Å². The Kier molecular flexibility index (Phi) is 7.34. The van der Waals surface area contributed by atoms with E-state index in [9.17, 15) is 0 Å². The lowest BCUT2D eigenvalue weighted by Gasteiger charge is -2.19. The Morgan fingerprint density at radius 3 is 2.63 bits per heavy atom. The summed E-state index contributed by atoms with van der Waals surface area (Å²) in [6.07, 6.45) is 3.53. The van der Waals surface area contributed by atoms with Crippen LogP contribution in [0.2, 0.25) is 0 Å². The van der Waals surface area contributed by atoms with Crippen LogP contribution in [0, 0.1) is 0 Å². The van der Waals surface area contributed by atoms with Crippen LogP contribution in [0.5, 0.6) is 11.5 Å². The van der Waals surface area contributed by atoms with Gasteiger partial charge in [0.15, 0.2) is 11.5 Å². The van der Waals surface area contributed by atoms with Crippen LogP contribution in [0.4, 0.5) is 0 Å². The first-order valence-electron chi connectivity index (χ1n) is 7.26. The fourth-order valence-corrected chi connectivity index (χ4v) is 2.06. The largest absolute Gasteiger partial charge is 0.493 e. The highest BCUT2D eigenvalue weighted by Crippen LogP contribution is 2.32. The third-order valence-electron chi connectivity index (χ3n) is 3.04. The van der Waals surface area contributed by atoms with Gasteiger partial charge in [-0.2, -0.15) is 0 Å². The molecular formula is C16H27NO2. The molecule has 108 valence electrons. The zero-order chi connectivity index (χ0) is 14.1. The summed E-state index contributed by atoms with van der Waals surface area (Å²) >= 11 is 0. The number of hydrogen-bond acceptors (Lipinski definition) is 3. The summed E-state index contributed by atoms with van der Waals surface area (Å²) in [6.45, 7) is 8.28. The van der Waals surface area contributed by atoms with Gasteiger partial charge in [0, 0.05) is 12.1 Å². The number of benzene rings is 1. The maximum Gasteiger partial charge on any atom is 0.166 e. The maximum absolute atomic E-state index is 6.07. The highest BCUT2D eigenvalue weighted by atomic mass is 16.5. The molecule has 3 heteroatoms. The zero-order valence-electron chi connectivity index (χ0n) is 12.7. The van der Waals surface area contributed by atoms with Crippen LogP contribution >= 0.6 is 0 Å². The van der Waals surface area contributed by atoms with E-state index >= 15 is 0 Å². The average molecular weight is 265 g/mol. The van der Waals surface area contributed by atoms with Gasteiger partial charge in [-0.25, -0.2) is 0 Å². The number of para-hydroxylation sites is 1. The van der Waals surface area contributed by atoms with Crippen molar-refractivity contribution in [2.75, 3.05) is 13.7 Å². The Labute approximate surface area is 117 Å². The van der Waals surface area contributed by atoms with Crippen molar-refractivity contribution in [3.05, 3.63) is 23.8 Å². The molecule has 0 bridgehead atoms. The predicted molar refractivity (Wildman–Crippen MR) is 80.0 cm³/mol. The monoisotopic (exact) mass is 265 g/mol. The summed E-state index contributed by atoms with van der Waals surface area (Å²) in [5.41, 5.74) is 1.16. The van der Waals surface area contributed by atoms with Crippen LogP contribution in [0.3, 0.4) is 0 Å². The molecule has 0 aliphatic carbocycles. The van der Waals surface area contributed by atoms with Gasteiger partial charge in [-0.3, -0.25) is 0 Å². The van der Waals surface area contributed by atoms with E-state index in [1.807, 2.05) is 12.1 Å². The Hall–Kier alpha value is -1.22. The molecule has 1 unspecified atom stereocenters. The van der Waals surface area contributed by atoms with E-state index in [0.29, 0.717) is 0 Å². The topological polar surface area (TPSA) is 30.5 Å². The molecule has 0 radical (unpaired) electrons. The second-order valence-corrected chi connectivity index (χ2v) is 4.84. The lowest BCUT2D eigenvalue weighted by atomic mass is 10.1. The maximum atomic E-state index is 6.07. The van der Waals surface area contributed by atoms with Crippen molar-refractivity contribution in [3.8, 4) is 11.5 Å². The predicted octanol–water partition coefficient (Wildman–Crippen LogP) is 3.76. The molecule has 1 aromatic carbocycles. The number of nitrogens with one attached hydrogen (secondary N) is 1. The lowest BCUT2D eigenvalue weighted by Crippen LogP contribution is -2.17. The number of rotatable bonds is 9. The van der Waals surface area contributed by atoms with Gasteiger partial charge in [-0.15, -0.1) is 0 Å². The van der Waals surface area contributed by atoms with Crippen molar-refractivity contribution >= 4 is 0 Å². The number of methoxy groups -OCH3 is 1. The van der Waals surface area contributed by atoms with Crippen molar-refractivity contribution in [3.63, 3.8) is 0 Å². The highest BCUT2D eigenvalue weighted by Gasteiger charge is 2.13. The zero-order valence-corrected chi connectivity index (χ0v) is 12.7. The van der Waals surface area contributed by atoms with Gasteiger partial charge >= 0.3 is 0 Å². The smallest absolute Gasteiger partial charge is 0.166 e. The van der Waals surface area contributed by atoms with Crippen LogP contribution in [0.1, 0.15) is 45.6 Å². The van der Waals surface area contributed by atoms with E-state index in [1.54, 1.807) is 7.11 Å². The molecule has 0 fully saturated rings. The fourth-order valence-electron chi connectivity index (χ4n) is 2.06. The van der Waals surface area contributed by atoms with Crippen molar-refractivity contribution < 1.29 is 9.47 Å². The van der Waals surface area contributed by atoms with Gasteiger partial charge < -0.3 is 14.8 Å². The van der Waals surface area contributed by atoms with Gasteiger partial charge in [0.1, 0.15) is 0 Å². The molecule has 1 N–H and O–H groups in total. The average Bonchev–Trinajstić information content (AvgIpc) is 2.41. The molecule has 1 rings (SSSR count). The normalized spacial score (nSPS) is 12.2. The first kappa shape index (κ1) is 15.8. The van der Waals surface area contributed by atoms with Gasteiger partial charge in [0.25, 0.3) is 0 Å². The van der Waals surface area contributed by atoms with Gasteiger partial charge in [0.05, 0.1) is 13.2 Å². The summed E-state index contributed by atoms with van der Waals surface area (Å²) < 4.78 is 11.5. The minimum atomic E-state index is 0.214. The van der Waals surface area contributed by atoms with E-state index in [1.165, 1.54) is 0 Å². The fraction of sp³-hybridized carbons (Fsp3) is 0.625. The van der Waals surface area contributed by atoms with E-state index in [0.717, 1.165) is 49.4 Å². The Morgan fingerprint density at radius 1 is 1.21 bits per heavy atom. The van der Waals surface area contributed by atoms with Crippen LogP contribution in [-0.4, -0.2) is 19.8 Å². The molecule has 0 spiro atoms. The van der Waals surface area contributed by atoms with Crippen LogP contribution < -0.4 is 14.8 Å². The molecule has 19 heavy (non-hydrogen) atoms. The van der Waals surface area contributed by atoms with Gasteiger partial charge in [-0.1, -0.05) is 32.4 Å². The van der Waals surface area contributed by atoms with E-state index in [2.05, 4.69) is 32.2 Å². The minimum absolute atomic E-state index is 0.214. The quantitative estimate of drug-likeness (QED) is 0.690. The molecule has 0 saturated carbocycles. The van der Waals surface area contributed by atoms with Crippen LogP contribution in [0.15, 0.2) is 18.2 Å². The summed E-state index contributed by atoms with van der Waals surface area (Å²) in [7, 11) is 1.69. The van der Waals surface area contributed by atoms with Gasteiger partial charge in [0.2, 0.25) is 0 Å². The van der Waals surface area contributed by atoms with Crippen molar-refractivity contribution in [2.24, 2.45) is 0 Å². The highest BCUT2D eigenvalue weighted by molar-refractivity contribution is 5.46. The van der Waals surface area contributed by atoms with Crippen molar-refractivity contribution in [1.29, 1.82) is 0 Å². The molecule has 0 aliphatic heterocycles. The molecule has 1 atom stereocenters. The number of hydrogen-bond donors (Lipinski definition) is 1. The summed E-state index contributed by atoms with van der Waals surface area (Å²) in [5.74, 6) is 1.70. The van der Waals surface area contributed by atoms with Crippen molar-refractivity contribution in [2.45, 2.75) is 52.7 Å². The van der Waals surface area contributed by atoms with Gasteiger partial charge in [-0.05, 0) is 32.4 Å². The second kappa shape index (κ2) is 8.81. The summed E-state index contributed by atoms with van der Waals surface area (Å²) in [6, 6.07) is 6.07. The summed E-state index contributed by atoms with van der Waals surface area (Å²) in [5, 5.41) is 3.41. The molecule has 1 aromatic rings. The number of ether oxygens (including phenoxy) is 2. The standard InChI is InChI=1S/C16H27NO2/c1-5-8-13(3)19-16-14(12-17-11-6-2)9-7-10-15(16)18-4/h7,9-10,13,17H,5-6,8,11-12H2,1-4H3. The molecule has 0 amide bonds. The molecule has 3 nitrogen and oxygen atoms in total. The molecule has 0 saturated heterocycles. The molecule has 0 heterocycles. The Bertz CT molecular complexity index is 366. The SMILES string of the molecule is CCCNCc1cccc(OC)c1OC(C)CCC. The third-order valence-corrected chi connectivity index (χ3v) is 3.04. The first-order valence-corrected chi connectivity index (χ1v) is 7.26. The first-order chi connectivity index (χ1) is 9.22. The molecule has 0 aromatic heterocycles. The second-order valence-electron chi connectivity index (χ2n) is 4.84. The van der Waals surface area contributed by atoms with E-state index in [4.69, 9.17) is 9.47 Å². The minimum Gasteiger partial charge on any atom is -0.493 e. The van der Waals surface area contributed by atoms with Crippen molar-refractivity contribution in [1.82, 2.24) is 5.32 Å².